The molecule has 0 aliphatic carbocycles. The molecule has 0 saturated heterocycles. The molecule has 1 aliphatic rings. The van der Waals surface area contributed by atoms with E-state index in [0.29, 0.717) is 22.3 Å². The lowest BCUT2D eigenvalue weighted by atomic mass is 10.1. The van der Waals surface area contributed by atoms with Crippen LogP contribution in [0.2, 0.25) is 0 Å². The van der Waals surface area contributed by atoms with Gasteiger partial charge >= 0.3 is 11.6 Å². The molecule has 30 heavy (non-hydrogen) atoms. The van der Waals surface area contributed by atoms with Gasteiger partial charge in [-0.05, 0) is 31.2 Å². The van der Waals surface area contributed by atoms with Gasteiger partial charge < -0.3 is 13.9 Å². The normalized spacial score (nSPS) is 14.0. The molecule has 0 spiro atoms. The zero-order chi connectivity index (χ0) is 21.4. The molecule has 2 amide bonds. The number of hydrogen-bond donors (Lipinski definition) is 0. The maximum Gasteiger partial charge on any atom is 0.336 e. The minimum Gasteiger partial charge on any atom is -0.497 e. The molecule has 1 aromatic heterocycles. The lowest BCUT2D eigenvalue weighted by Gasteiger charge is -2.21. The Morgan fingerprint density at radius 3 is 2.33 bits per heavy atom. The second-order valence-corrected chi connectivity index (χ2v) is 6.76. The fourth-order valence-corrected chi connectivity index (χ4v) is 3.39. The number of nitrogens with zero attached hydrogens (tertiary/aromatic N) is 1. The second-order valence-electron chi connectivity index (χ2n) is 6.76. The number of fused-ring (bicyclic) bond motifs is 2. The lowest BCUT2D eigenvalue weighted by molar-refractivity contribution is -0.149. The van der Waals surface area contributed by atoms with Crippen molar-refractivity contribution >= 4 is 28.8 Å². The molecular formula is C22H17NO7. The summed E-state index contributed by atoms with van der Waals surface area (Å²) in [5, 5.41) is 0.580. The molecule has 3 aromatic rings. The standard InChI is InChI=1S/C22H17NO7/c1-12(23-20(25)16-5-3-4-6-17(16)21(23)26)22(27)29-11-13-9-19(24)30-18-10-14(28-2)7-8-15(13)18/h3-10,12H,11H2,1-2H3. The van der Waals surface area contributed by atoms with Crippen LogP contribution in [0.25, 0.3) is 11.0 Å². The summed E-state index contributed by atoms with van der Waals surface area (Å²) in [5.74, 6) is -1.34. The van der Waals surface area contributed by atoms with Gasteiger partial charge in [0, 0.05) is 23.1 Å². The third-order valence-corrected chi connectivity index (χ3v) is 4.96. The van der Waals surface area contributed by atoms with Crippen molar-refractivity contribution in [1.29, 1.82) is 0 Å². The van der Waals surface area contributed by atoms with Gasteiger partial charge in [0.15, 0.2) is 0 Å². The van der Waals surface area contributed by atoms with Crippen LogP contribution in [0.1, 0.15) is 33.2 Å². The van der Waals surface area contributed by atoms with Gasteiger partial charge in [-0.25, -0.2) is 9.59 Å². The van der Waals surface area contributed by atoms with Crippen LogP contribution >= 0.6 is 0 Å². The minimum absolute atomic E-state index is 0.221. The van der Waals surface area contributed by atoms with Crippen molar-refractivity contribution in [2.24, 2.45) is 0 Å². The summed E-state index contributed by atoms with van der Waals surface area (Å²) in [6.45, 7) is 1.20. The molecule has 2 aromatic carbocycles. The van der Waals surface area contributed by atoms with Gasteiger partial charge in [0.25, 0.3) is 11.8 Å². The molecule has 2 heterocycles. The quantitative estimate of drug-likeness (QED) is 0.364. The van der Waals surface area contributed by atoms with E-state index in [1.54, 1.807) is 30.3 Å². The average molecular weight is 407 g/mol. The summed E-state index contributed by atoms with van der Waals surface area (Å²) in [6.07, 6.45) is 0. The monoisotopic (exact) mass is 407 g/mol. The van der Waals surface area contributed by atoms with Gasteiger partial charge in [0.05, 0.1) is 18.2 Å². The number of carbonyl (C=O) groups is 3. The Hall–Kier alpha value is -3.94. The van der Waals surface area contributed by atoms with E-state index in [2.05, 4.69) is 0 Å². The summed E-state index contributed by atoms with van der Waals surface area (Å²) in [4.78, 5) is 50.4. The molecule has 1 aliphatic heterocycles. The van der Waals surface area contributed by atoms with Crippen molar-refractivity contribution in [2.45, 2.75) is 19.6 Å². The highest BCUT2D eigenvalue weighted by molar-refractivity contribution is 6.22. The molecule has 152 valence electrons. The molecule has 1 atom stereocenters. The second kappa shape index (κ2) is 7.47. The number of methoxy groups -OCH3 is 1. The summed E-state index contributed by atoms with van der Waals surface area (Å²) < 4.78 is 15.6. The molecule has 0 N–H and O–H groups in total. The summed E-state index contributed by atoms with van der Waals surface area (Å²) >= 11 is 0. The first-order chi connectivity index (χ1) is 14.4. The van der Waals surface area contributed by atoms with E-state index in [-0.39, 0.29) is 17.7 Å². The molecular weight excluding hydrogens is 390 g/mol. The van der Waals surface area contributed by atoms with Crippen LogP contribution < -0.4 is 10.4 Å². The number of hydrogen-bond acceptors (Lipinski definition) is 7. The van der Waals surface area contributed by atoms with Crippen LogP contribution in [0.3, 0.4) is 0 Å². The molecule has 0 saturated carbocycles. The fourth-order valence-electron chi connectivity index (χ4n) is 3.39. The summed E-state index contributed by atoms with van der Waals surface area (Å²) in [5.41, 5.74) is 0.633. The molecule has 4 rings (SSSR count). The Labute approximate surface area is 170 Å². The van der Waals surface area contributed by atoms with Gasteiger partial charge in [-0.3, -0.25) is 14.5 Å². The van der Waals surface area contributed by atoms with Crippen molar-refractivity contribution in [3.05, 3.63) is 75.6 Å². The van der Waals surface area contributed by atoms with Crippen molar-refractivity contribution in [3.8, 4) is 5.75 Å². The number of ether oxygens (including phenoxy) is 2. The molecule has 0 bridgehead atoms. The Morgan fingerprint density at radius 2 is 1.70 bits per heavy atom. The van der Waals surface area contributed by atoms with E-state index in [1.165, 1.54) is 32.2 Å². The first kappa shape index (κ1) is 19.4. The molecule has 0 radical (unpaired) electrons. The number of imide groups is 1. The Balaban J connectivity index is 1.54. The highest BCUT2D eigenvalue weighted by Crippen LogP contribution is 2.26. The zero-order valence-electron chi connectivity index (χ0n) is 16.2. The van der Waals surface area contributed by atoms with Gasteiger partial charge in [0.1, 0.15) is 24.0 Å². The highest BCUT2D eigenvalue weighted by Gasteiger charge is 2.41. The third kappa shape index (κ3) is 3.22. The van der Waals surface area contributed by atoms with Crippen molar-refractivity contribution in [2.75, 3.05) is 7.11 Å². The van der Waals surface area contributed by atoms with E-state index in [4.69, 9.17) is 13.9 Å². The maximum atomic E-state index is 12.6. The Morgan fingerprint density at radius 1 is 1.03 bits per heavy atom. The topological polar surface area (TPSA) is 103 Å². The lowest BCUT2D eigenvalue weighted by Crippen LogP contribution is -2.43. The van der Waals surface area contributed by atoms with Crippen molar-refractivity contribution < 1.29 is 28.3 Å². The van der Waals surface area contributed by atoms with Gasteiger partial charge in [-0.2, -0.15) is 0 Å². The highest BCUT2D eigenvalue weighted by atomic mass is 16.5. The van der Waals surface area contributed by atoms with Crippen LogP contribution in [0.5, 0.6) is 5.75 Å². The first-order valence-corrected chi connectivity index (χ1v) is 9.15. The number of rotatable bonds is 5. The number of esters is 1. The average Bonchev–Trinajstić information content (AvgIpc) is 3.01. The third-order valence-electron chi connectivity index (χ3n) is 4.96. The van der Waals surface area contributed by atoms with Crippen LogP contribution in [-0.2, 0) is 16.1 Å². The van der Waals surface area contributed by atoms with E-state index < -0.39 is 29.5 Å². The fraction of sp³-hybridized carbons (Fsp3) is 0.182. The molecule has 8 heteroatoms. The first-order valence-electron chi connectivity index (χ1n) is 9.15. The smallest absolute Gasteiger partial charge is 0.336 e. The van der Waals surface area contributed by atoms with E-state index in [9.17, 15) is 19.2 Å². The van der Waals surface area contributed by atoms with Gasteiger partial charge in [0.2, 0.25) is 0 Å². The van der Waals surface area contributed by atoms with E-state index in [0.717, 1.165) is 4.90 Å². The largest absolute Gasteiger partial charge is 0.497 e. The molecule has 8 nitrogen and oxygen atoms in total. The van der Waals surface area contributed by atoms with Crippen LogP contribution in [0, 0.1) is 0 Å². The summed E-state index contributed by atoms with van der Waals surface area (Å²) in [7, 11) is 1.49. The van der Waals surface area contributed by atoms with E-state index >= 15 is 0 Å². The van der Waals surface area contributed by atoms with E-state index in [1.807, 2.05) is 0 Å². The zero-order valence-corrected chi connectivity index (χ0v) is 16.2. The Bertz CT molecular complexity index is 1210. The molecule has 0 fully saturated rings. The van der Waals surface area contributed by atoms with Crippen LogP contribution in [0.15, 0.2) is 57.7 Å². The summed E-state index contributed by atoms with van der Waals surface area (Å²) in [6, 6.07) is 11.4. The van der Waals surface area contributed by atoms with Gasteiger partial charge in [-0.1, -0.05) is 12.1 Å². The van der Waals surface area contributed by atoms with Crippen molar-refractivity contribution in [1.82, 2.24) is 4.90 Å². The minimum atomic E-state index is -1.12. The van der Waals surface area contributed by atoms with Gasteiger partial charge in [-0.15, -0.1) is 0 Å². The Kier molecular flexibility index (Phi) is 4.83. The molecule has 1 unspecified atom stereocenters. The predicted molar refractivity (Wildman–Crippen MR) is 105 cm³/mol. The number of amides is 2. The predicted octanol–water partition coefficient (Wildman–Crippen LogP) is 2.53. The van der Waals surface area contributed by atoms with Crippen LogP contribution in [-0.4, -0.2) is 35.8 Å². The SMILES string of the molecule is COc1ccc2c(COC(=O)C(C)N3C(=O)c4ccccc4C3=O)cc(=O)oc2c1. The van der Waals surface area contributed by atoms with Crippen molar-refractivity contribution in [3.63, 3.8) is 0 Å². The van der Waals surface area contributed by atoms with Crippen LogP contribution in [0.4, 0.5) is 0 Å². The number of benzene rings is 2. The maximum absolute atomic E-state index is 12.6. The number of carbonyl (C=O) groups excluding carboxylic acids is 3.